The van der Waals surface area contributed by atoms with Crippen molar-refractivity contribution in [3.63, 3.8) is 0 Å². The Balaban J connectivity index is 1.87. The van der Waals surface area contributed by atoms with E-state index in [0.717, 1.165) is 36.5 Å². The molecular weight excluding hydrogens is 308 g/mol. The second-order valence-electron chi connectivity index (χ2n) is 6.90. The van der Waals surface area contributed by atoms with Crippen LogP contribution in [0.4, 0.5) is 0 Å². The lowest BCUT2D eigenvalue weighted by molar-refractivity contribution is 0.0598. The molecule has 0 spiro atoms. The number of thiazole rings is 1. The van der Waals surface area contributed by atoms with Crippen molar-refractivity contribution in [1.82, 2.24) is 19.9 Å². The van der Waals surface area contributed by atoms with Gasteiger partial charge in [-0.1, -0.05) is 20.8 Å². The quantitative estimate of drug-likeness (QED) is 0.844. The summed E-state index contributed by atoms with van der Waals surface area (Å²) in [6.45, 7) is 7.22. The van der Waals surface area contributed by atoms with E-state index in [-0.39, 0.29) is 23.2 Å². The molecule has 0 aliphatic carbocycles. The van der Waals surface area contributed by atoms with E-state index in [1.165, 1.54) is 0 Å². The number of nitrogens with zero attached hydrogens (tertiary/aromatic N) is 4. The second kappa shape index (κ2) is 6.35. The predicted molar refractivity (Wildman–Crippen MR) is 90.5 cm³/mol. The topological polar surface area (TPSA) is 59.0 Å². The first-order valence-corrected chi connectivity index (χ1v) is 8.88. The molecule has 0 radical (unpaired) electrons. The predicted octanol–water partition coefficient (Wildman–Crippen LogP) is 3.60. The van der Waals surface area contributed by atoms with E-state index in [1.54, 1.807) is 29.8 Å². The number of hydrogen-bond acceptors (Lipinski definition) is 5. The fraction of sp³-hybridized carbons (Fsp3) is 0.529. The van der Waals surface area contributed by atoms with Crippen LogP contribution in [0.3, 0.4) is 0 Å². The molecule has 5 nitrogen and oxygen atoms in total. The molecule has 3 heterocycles. The number of aromatic nitrogens is 3. The van der Waals surface area contributed by atoms with Crippen LogP contribution in [-0.2, 0) is 5.41 Å². The average molecular weight is 330 g/mol. The zero-order valence-electron chi connectivity index (χ0n) is 13.8. The van der Waals surface area contributed by atoms with Crippen LogP contribution < -0.4 is 0 Å². The summed E-state index contributed by atoms with van der Waals surface area (Å²) in [5.74, 6) is 0.176. The lowest BCUT2D eigenvalue weighted by Crippen LogP contribution is -2.39. The minimum Gasteiger partial charge on any atom is -0.326 e. The van der Waals surface area contributed by atoms with Gasteiger partial charge in [-0.15, -0.1) is 11.3 Å². The van der Waals surface area contributed by atoms with Crippen LogP contribution in [0.1, 0.15) is 67.4 Å². The van der Waals surface area contributed by atoms with Gasteiger partial charge in [0.15, 0.2) is 0 Å². The normalized spacial score (nSPS) is 18.9. The smallest absolute Gasteiger partial charge is 0.292 e. The lowest BCUT2D eigenvalue weighted by Gasteiger charge is -2.34. The Hall–Kier alpha value is -1.82. The molecule has 0 bridgehead atoms. The molecule has 1 unspecified atom stereocenters. The molecule has 6 heteroatoms. The van der Waals surface area contributed by atoms with Crippen molar-refractivity contribution < 1.29 is 4.79 Å². The molecule has 23 heavy (non-hydrogen) atoms. The second-order valence-corrected chi connectivity index (χ2v) is 7.79. The Morgan fingerprint density at radius 3 is 2.65 bits per heavy atom. The van der Waals surface area contributed by atoms with Crippen molar-refractivity contribution in [3.05, 3.63) is 40.4 Å². The van der Waals surface area contributed by atoms with Crippen LogP contribution in [0.15, 0.2) is 23.8 Å². The molecule has 2 aromatic rings. The molecule has 1 aliphatic rings. The maximum absolute atomic E-state index is 12.8. The molecule has 1 fully saturated rings. The van der Waals surface area contributed by atoms with E-state index >= 15 is 0 Å². The van der Waals surface area contributed by atoms with Gasteiger partial charge in [0.25, 0.3) is 5.91 Å². The molecule has 1 atom stereocenters. The van der Waals surface area contributed by atoms with Gasteiger partial charge in [0.2, 0.25) is 5.82 Å². The van der Waals surface area contributed by atoms with Crippen LogP contribution in [-0.4, -0.2) is 32.3 Å². The Labute approximate surface area is 140 Å². The first-order valence-electron chi connectivity index (χ1n) is 8.01. The molecule has 0 aromatic carbocycles. The number of likely N-dealkylation sites (tertiary alicyclic amines) is 1. The van der Waals surface area contributed by atoms with Gasteiger partial charge in [0.1, 0.15) is 5.01 Å². The van der Waals surface area contributed by atoms with Gasteiger partial charge in [-0.2, -0.15) is 0 Å². The largest absolute Gasteiger partial charge is 0.326 e. The summed E-state index contributed by atoms with van der Waals surface area (Å²) < 4.78 is 0. The van der Waals surface area contributed by atoms with Crippen molar-refractivity contribution in [2.75, 3.05) is 6.54 Å². The SMILES string of the molecule is CC(C)(C)c1csc(C2CCCCN2C(=O)c2ncccn2)n1. The van der Waals surface area contributed by atoms with Gasteiger partial charge in [-0.25, -0.2) is 15.0 Å². The first-order chi connectivity index (χ1) is 11.0. The van der Waals surface area contributed by atoms with E-state index in [9.17, 15) is 4.79 Å². The Bertz CT molecular complexity index is 677. The third-order valence-corrected chi connectivity index (χ3v) is 5.04. The third kappa shape index (κ3) is 3.42. The number of rotatable bonds is 2. The number of hydrogen-bond donors (Lipinski definition) is 0. The summed E-state index contributed by atoms with van der Waals surface area (Å²) >= 11 is 1.65. The van der Waals surface area contributed by atoms with Gasteiger partial charge in [0.05, 0.1) is 11.7 Å². The number of piperidine rings is 1. The highest BCUT2D eigenvalue weighted by Gasteiger charge is 2.32. The van der Waals surface area contributed by atoms with Crippen LogP contribution in [0.25, 0.3) is 0 Å². The van der Waals surface area contributed by atoms with E-state index in [2.05, 4.69) is 36.1 Å². The van der Waals surface area contributed by atoms with Crippen LogP contribution >= 0.6 is 11.3 Å². The number of amides is 1. The Morgan fingerprint density at radius 1 is 1.26 bits per heavy atom. The standard InChI is InChI=1S/C17H22N4OS/c1-17(2,3)13-11-23-15(20-13)12-7-4-5-10-21(12)16(22)14-18-8-6-9-19-14/h6,8-9,11-12H,4-5,7,10H2,1-3H3. The summed E-state index contributed by atoms with van der Waals surface area (Å²) in [4.78, 5) is 27.7. The molecule has 3 rings (SSSR count). The van der Waals surface area contributed by atoms with Gasteiger partial charge < -0.3 is 4.90 Å². The summed E-state index contributed by atoms with van der Waals surface area (Å²) in [6, 6.07) is 1.77. The molecule has 2 aromatic heterocycles. The maximum Gasteiger partial charge on any atom is 0.292 e. The van der Waals surface area contributed by atoms with E-state index in [1.807, 2.05) is 4.90 Å². The van der Waals surface area contributed by atoms with Crippen molar-refractivity contribution in [1.29, 1.82) is 0 Å². The molecule has 0 saturated carbocycles. The van der Waals surface area contributed by atoms with Crippen LogP contribution in [0, 0.1) is 0 Å². The third-order valence-electron chi connectivity index (χ3n) is 4.10. The zero-order valence-corrected chi connectivity index (χ0v) is 14.6. The fourth-order valence-electron chi connectivity index (χ4n) is 2.75. The summed E-state index contributed by atoms with van der Waals surface area (Å²) in [5.41, 5.74) is 1.12. The highest BCUT2D eigenvalue weighted by Crippen LogP contribution is 2.35. The van der Waals surface area contributed by atoms with Crippen LogP contribution in [0.2, 0.25) is 0 Å². The van der Waals surface area contributed by atoms with Crippen LogP contribution in [0.5, 0.6) is 0 Å². The average Bonchev–Trinajstić information content (AvgIpc) is 3.05. The molecule has 122 valence electrons. The zero-order chi connectivity index (χ0) is 16.4. The minimum atomic E-state index is -0.0946. The van der Waals surface area contributed by atoms with Gasteiger partial charge >= 0.3 is 0 Å². The summed E-state index contributed by atoms with van der Waals surface area (Å²) in [7, 11) is 0. The molecule has 1 saturated heterocycles. The highest BCUT2D eigenvalue weighted by molar-refractivity contribution is 7.09. The van der Waals surface area contributed by atoms with E-state index in [0.29, 0.717) is 0 Å². The molecule has 0 N–H and O–H groups in total. The summed E-state index contributed by atoms with van der Waals surface area (Å²) in [5, 5.41) is 3.14. The fourth-order valence-corrected chi connectivity index (χ4v) is 3.95. The molecule has 1 amide bonds. The van der Waals surface area contributed by atoms with Crippen molar-refractivity contribution >= 4 is 17.2 Å². The Morgan fingerprint density at radius 2 is 2.00 bits per heavy atom. The number of carbonyl (C=O) groups excluding carboxylic acids is 1. The van der Waals surface area contributed by atoms with Crippen molar-refractivity contribution in [3.8, 4) is 0 Å². The van der Waals surface area contributed by atoms with E-state index < -0.39 is 0 Å². The minimum absolute atomic E-state index is 0.0286. The first kappa shape index (κ1) is 16.1. The monoisotopic (exact) mass is 330 g/mol. The maximum atomic E-state index is 12.8. The summed E-state index contributed by atoms with van der Waals surface area (Å²) in [6.07, 6.45) is 6.32. The van der Waals surface area contributed by atoms with Gasteiger partial charge in [-0.3, -0.25) is 4.79 Å². The number of carbonyl (C=O) groups is 1. The van der Waals surface area contributed by atoms with E-state index in [4.69, 9.17) is 4.98 Å². The highest BCUT2D eigenvalue weighted by atomic mass is 32.1. The van der Waals surface area contributed by atoms with Crippen molar-refractivity contribution in [2.24, 2.45) is 0 Å². The molecule has 1 aliphatic heterocycles. The van der Waals surface area contributed by atoms with Gasteiger partial charge in [0, 0.05) is 29.7 Å². The molecular formula is C17H22N4OS. The Kier molecular flexibility index (Phi) is 4.43. The van der Waals surface area contributed by atoms with Gasteiger partial charge in [-0.05, 0) is 25.3 Å². The lowest BCUT2D eigenvalue weighted by atomic mass is 9.93. The van der Waals surface area contributed by atoms with Crippen molar-refractivity contribution in [2.45, 2.75) is 51.5 Å².